The minimum atomic E-state index is -1.09. The quantitative estimate of drug-likeness (QED) is 0.552. The normalized spacial score (nSPS) is 14.3. The summed E-state index contributed by atoms with van der Waals surface area (Å²) in [5, 5.41) is 25.3. The second kappa shape index (κ2) is 5.16. The first-order valence-corrected chi connectivity index (χ1v) is 6.03. The number of hydrogen-bond donors (Lipinski definition) is 3. The molecule has 0 saturated carbocycles. The van der Waals surface area contributed by atoms with Gasteiger partial charge in [0.1, 0.15) is 11.7 Å². The molecule has 8 nitrogen and oxygen atoms in total. The molecule has 1 aliphatic rings. The number of carboxylic acids is 1. The van der Waals surface area contributed by atoms with Gasteiger partial charge < -0.3 is 15.7 Å². The van der Waals surface area contributed by atoms with E-state index in [-0.39, 0.29) is 30.1 Å². The number of nitro groups is 1. The van der Waals surface area contributed by atoms with Crippen LogP contribution < -0.4 is 10.6 Å². The van der Waals surface area contributed by atoms with Crippen molar-refractivity contribution in [1.29, 1.82) is 0 Å². The van der Waals surface area contributed by atoms with Crippen LogP contribution in [-0.2, 0) is 16.0 Å². The van der Waals surface area contributed by atoms with E-state index >= 15 is 0 Å². The number of carbonyl (C=O) groups is 2. The van der Waals surface area contributed by atoms with Gasteiger partial charge in [-0.3, -0.25) is 14.9 Å². The summed E-state index contributed by atoms with van der Waals surface area (Å²) in [5.74, 6) is -1.33. The van der Waals surface area contributed by atoms with Gasteiger partial charge in [0, 0.05) is 11.8 Å². The lowest BCUT2D eigenvalue weighted by Crippen LogP contribution is -2.28. The Morgan fingerprint density at radius 1 is 1.60 bits per heavy atom. The van der Waals surface area contributed by atoms with E-state index in [9.17, 15) is 19.7 Å². The van der Waals surface area contributed by atoms with Crippen LogP contribution in [-0.4, -0.2) is 27.9 Å². The van der Waals surface area contributed by atoms with E-state index < -0.39 is 16.9 Å². The average Bonchev–Trinajstić information content (AvgIpc) is 2.73. The van der Waals surface area contributed by atoms with Crippen molar-refractivity contribution in [3.8, 4) is 0 Å². The van der Waals surface area contributed by atoms with Gasteiger partial charge in [0.2, 0.25) is 5.91 Å². The van der Waals surface area contributed by atoms with Crippen LogP contribution in [0.2, 0.25) is 0 Å². The lowest BCUT2D eigenvalue weighted by Gasteiger charge is -2.14. The number of nitro benzene ring substituents is 1. The predicted octanol–water partition coefficient (Wildman–Crippen LogP) is 1.36. The highest BCUT2D eigenvalue weighted by Crippen LogP contribution is 2.35. The monoisotopic (exact) mass is 279 g/mol. The molecule has 1 aromatic carbocycles. The number of nitrogens with one attached hydrogen (secondary N) is 2. The number of carbonyl (C=O) groups excluding carboxylic acids is 1. The number of aliphatic carboxylic acids is 1. The summed E-state index contributed by atoms with van der Waals surface area (Å²) in [4.78, 5) is 32.7. The van der Waals surface area contributed by atoms with Crippen LogP contribution >= 0.6 is 0 Å². The fourth-order valence-electron chi connectivity index (χ4n) is 2.05. The maximum absolute atomic E-state index is 11.3. The summed E-state index contributed by atoms with van der Waals surface area (Å²) in [6.45, 7) is 1.66. The van der Waals surface area contributed by atoms with Crippen molar-refractivity contribution in [3.05, 3.63) is 27.8 Å². The molecule has 1 atom stereocenters. The molecule has 20 heavy (non-hydrogen) atoms. The smallest absolute Gasteiger partial charge is 0.326 e. The van der Waals surface area contributed by atoms with Crippen molar-refractivity contribution >= 4 is 28.9 Å². The molecule has 0 aliphatic carbocycles. The third kappa shape index (κ3) is 2.53. The first kappa shape index (κ1) is 13.8. The predicted molar refractivity (Wildman–Crippen MR) is 70.8 cm³/mol. The molecular formula is C12H13N3O5. The van der Waals surface area contributed by atoms with Crippen molar-refractivity contribution < 1.29 is 19.6 Å². The van der Waals surface area contributed by atoms with E-state index in [2.05, 4.69) is 10.6 Å². The van der Waals surface area contributed by atoms with Crippen molar-refractivity contribution in [2.75, 3.05) is 10.6 Å². The van der Waals surface area contributed by atoms with Gasteiger partial charge in [-0.2, -0.15) is 0 Å². The summed E-state index contributed by atoms with van der Waals surface area (Å²) >= 11 is 0. The van der Waals surface area contributed by atoms with Crippen LogP contribution in [0.4, 0.5) is 17.1 Å². The van der Waals surface area contributed by atoms with E-state index in [1.54, 1.807) is 6.92 Å². The molecule has 1 aromatic rings. The minimum Gasteiger partial charge on any atom is -0.480 e. The van der Waals surface area contributed by atoms with Crippen molar-refractivity contribution in [2.24, 2.45) is 0 Å². The molecule has 8 heteroatoms. The highest BCUT2D eigenvalue weighted by atomic mass is 16.6. The molecule has 1 unspecified atom stereocenters. The van der Waals surface area contributed by atoms with E-state index in [4.69, 9.17) is 5.11 Å². The first-order valence-electron chi connectivity index (χ1n) is 6.03. The topological polar surface area (TPSA) is 122 Å². The number of fused-ring (bicyclic) bond motifs is 1. The van der Waals surface area contributed by atoms with E-state index in [0.29, 0.717) is 11.3 Å². The Balaban J connectivity index is 2.41. The van der Waals surface area contributed by atoms with Crippen LogP contribution in [0.15, 0.2) is 12.1 Å². The first-order chi connectivity index (χ1) is 9.42. The molecule has 0 saturated heterocycles. The average molecular weight is 279 g/mol. The number of hydrogen-bond acceptors (Lipinski definition) is 5. The van der Waals surface area contributed by atoms with Gasteiger partial charge in [-0.05, 0) is 18.1 Å². The Kier molecular flexibility index (Phi) is 3.55. The molecule has 106 valence electrons. The Hall–Kier alpha value is -2.64. The maximum atomic E-state index is 11.3. The highest BCUT2D eigenvalue weighted by molar-refractivity contribution is 6.00. The number of rotatable bonds is 5. The summed E-state index contributed by atoms with van der Waals surface area (Å²) < 4.78 is 0. The number of carboxylic acid groups (broad SMARTS) is 1. The molecule has 0 fully saturated rings. The van der Waals surface area contributed by atoms with Gasteiger partial charge in [-0.25, -0.2) is 4.79 Å². The summed E-state index contributed by atoms with van der Waals surface area (Å²) in [7, 11) is 0. The molecule has 0 radical (unpaired) electrons. The van der Waals surface area contributed by atoms with Crippen LogP contribution in [0.3, 0.4) is 0 Å². The highest BCUT2D eigenvalue weighted by Gasteiger charge is 2.26. The van der Waals surface area contributed by atoms with Crippen LogP contribution in [0, 0.1) is 10.1 Å². The lowest BCUT2D eigenvalue weighted by atomic mass is 10.1. The van der Waals surface area contributed by atoms with Gasteiger partial charge in [-0.15, -0.1) is 0 Å². The van der Waals surface area contributed by atoms with Gasteiger partial charge in [-0.1, -0.05) is 6.92 Å². The Labute approximate surface area is 113 Å². The second-order valence-corrected chi connectivity index (χ2v) is 4.45. The zero-order valence-corrected chi connectivity index (χ0v) is 10.7. The standard InChI is InChI=1S/C12H13N3O5/c1-2-7(12(17)18)13-9-5-8-6(4-11(16)14-8)3-10(9)15(19)20/h3,5,7,13H,2,4H2,1H3,(H,14,16)(H,17,18). The Morgan fingerprint density at radius 3 is 2.85 bits per heavy atom. The third-order valence-corrected chi connectivity index (χ3v) is 3.08. The fourth-order valence-corrected chi connectivity index (χ4v) is 2.05. The molecule has 0 aromatic heterocycles. The maximum Gasteiger partial charge on any atom is 0.326 e. The van der Waals surface area contributed by atoms with Gasteiger partial charge in [0.15, 0.2) is 0 Å². The number of nitrogens with zero attached hydrogens (tertiary/aromatic N) is 1. The number of amides is 1. The van der Waals surface area contributed by atoms with Crippen molar-refractivity contribution in [3.63, 3.8) is 0 Å². The van der Waals surface area contributed by atoms with E-state index in [0.717, 1.165) is 0 Å². The van der Waals surface area contributed by atoms with Crippen LogP contribution in [0.1, 0.15) is 18.9 Å². The molecule has 1 amide bonds. The fraction of sp³-hybridized carbons (Fsp3) is 0.333. The lowest BCUT2D eigenvalue weighted by molar-refractivity contribution is -0.384. The molecule has 3 N–H and O–H groups in total. The Bertz CT molecular complexity index is 599. The molecule has 1 heterocycles. The zero-order chi connectivity index (χ0) is 14.9. The molecule has 1 aliphatic heterocycles. The molecular weight excluding hydrogens is 266 g/mol. The molecule has 2 rings (SSSR count). The SMILES string of the molecule is CCC(Nc1cc2c(cc1[N+](=O)[O-])CC(=O)N2)C(=O)O. The summed E-state index contributed by atoms with van der Waals surface area (Å²) in [6, 6.07) is 1.78. The summed E-state index contributed by atoms with van der Waals surface area (Å²) in [6.07, 6.45) is 0.364. The Morgan fingerprint density at radius 2 is 2.30 bits per heavy atom. The van der Waals surface area contributed by atoms with E-state index in [1.165, 1.54) is 12.1 Å². The van der Waals surface area contributed by atoms with Gasteiger partial charge >= 0.3 is 5.97 Å². The third-order valence-electron chi connectivity index (χ3n) is 3.08. The largest absolute Gasteiger partial charge is 0.480 e. The molecule has 0 spiro atoms. The van der Waals surface area contributed by atoms with E-state index in [1.807, 2.05) is 0 Å². The molecule has 0 bridgehead atoms. The minimum absolute atomic E-state index is 0.0881. The number of benzene rings is 1. The van der Waals surface area contributed by atoms with Gasteiger partial charge in [0.25, 0.3) is 5.69 Å². The van der Waals surface area contributed by atoms with Crippen LogP contribution in [0.5, 0.6) is 0 Å². The summed E-state index contributed by atoms with van der Waals surface area (Å²) in [5.41, 5.74) is 0.865. The van der Waals surface area contributed by atoms with Gasteiger partial charge in [0.05, 0.1) is 11.3 Å². The van der Waals surface area contributed by atoms with Crippen LogP contribution in [0.25, 0.3) is 0 Å². The number of anilines is 2. The van der Waals surface area contributed by atoms with Crippen molar-refractivity contribution in [1.82, 2.24) is 0 Å². The second-order valence-electron chi connectivity index (χ2n) is 4.45. The zero-order valence-electron chi connectivity index (χ0n) is 10.7. The van der Waals surface area contributed by atoms with Crippen molar-refractivity contribution in [2.45, 2.75) is 25.8 Å².